The lowest BCUT2D eigenvalue weighted by molar-refractivity contribution is 0.102. The molecular weight excluding hydrogens is 100 g/mol. The van der Waals surface area contributed by atoms with Crippen LogP contribution in [0.5, 0.6) is 0 Å². The second-order valence-corrected chi connectivity index (χ2v) is 1.87. The minimum atomic E-state index is -2.29. The number of hydrogen-bond donors (Lipinski definition) is 1. The van der Waals surface area contributed by atoms with Gasteiger partial charge in [0.05, 0.1) is 0 Å². The van der Waals surface area contributed by atoms with E-state index in [1.807, 2.05) is 0 Å². The average molecular weight is 109 g/mol. The topological polar surface area (TPSA) is 35.0 Å². The molecule has 7 heavy (non-hydrogen) atoms. The van der Waals surface area contributed by atoms with Crippen molar-refractivity contribution in [1.29, 1.82) is 0 Å². The van der Waals surface area contributed by atoms with Crippen LogP contribution < -0.4 is 6.15 Å². The molecule has 0 saturated heterocycles. The lowest BCUT2D eigenvalue weighted by atomic mass is 10.5. The second-order valence-electron chi connectivity index (χ2n) is 1.87. The van der Waals surface area contributed by atoms with E-state index in [-0.39, 0.29) is 18.5 Å². The summed E-state index contributed by atoms with van der Waals surface area (Å²) < 4.78 is 23.1. The van der Waals surface area contributed by atoms with Gasteiger partial charge in [-0.05, 0) is 0 Å². The molecule has 3 N–H and O–H groups in total. The molecular formula is C4H9F2N. The van der Waals surface area contributed by atoms with Crippen LogP contribution in [0.2, 0.25) is 0 Å². The molecule has 0 heterocycles. The standard InChI is InChI=1S/C4H6F2.H3N/c1-3-2-4(3,5)6;/h3H,2H2,1H3;1H3. The largest absolute Gasteiger partial charge is 0.344 e. The van der Waals surface area contributed by atoms with Gasteiger partial charge in [0, 0.05) is 12.3 Å². The van der Waals surface area contributed by atoms with Crippen LogP contribution >= 0.6 is 0 Å². The Balaban J connectivity index is 0.000000360. The van der Waals surface area contributed by atoms with E-state index in [0.717, 1.165) is 0 Å². The molecule has 0 aromatic heterocycles. The molecule has 44 valence electrons. The molecule has 0 radical (unpaired) electrons. The Morgan fingerprint density at radius 3 is 1.71 bits per heavy atom. The van der Waals surface area contributed by atoms with Crippen LogP contribution in [0.3, 0.4) is 0 Å². The molecule has 0 aromatic rings. The number of halogens is 2. The van der Waals surface area contributed by atoms with Gasteiger partial charge in [-0.25, -0.2) is 8.78 Å². The van der Waals surface area contributed by atoms with Crippen LogP contribution in [-0.4, -0.2) is 5.92 Å². The maximum atomic E-state index is 11.5. The van der Waals surface area contributed by atoms with E-state index in [1.54, 1.807) is 6.92 Å². The molecule has 1 aliphatic rings. The van der Waals surface area contributed by atoms with Crippen LogP contribution in [0.15, 0.2) is 0 Å². The summed E-state index contributed by atoms with van der Waals surface area (Å²) in [5.41, 5.74) is 0. The highest BCUT2D eigenvalue weighted by Crippen LogP contribution is 2.47. The minimum Gasteiger partial charge on any atom is -0.344 e. The molecule has 1 saturated carbocycles. The first-order valence-electron chi connectivity index (χ1n) is 2.01. The number of alkyl halides is 2. The summed E-state index contributed by atoms with van der Waals surface area (Å²) >= 11 is 0. The van der Waals surface area contributed by atoms with Crippen molar-refractivity contribution in [2.45, 2.75) is 19.3 Å². The molecule has 1 unspecified atom stereocenters. The third-order valence-electron chi connectivity index (χ3n) is 1.14. The van der Waals surface area contributed by atoms with Gasteiger partial charge in [0.1, 0.15) is 0 Å². The highest BCUT2D eigenvalue weighted by molar-refractivity contribution is 4.90. The van der Waals surface area contributed by atoms with Crippen molar-refractivity contribution >= 4 is 0 Å². The van der Waals surface area contributed by atoms with Gasteiger partial charge in [-0.2, -0.15) is 0 Å². The van der Waals surface area contributed by atoms with Crippen LogP contribution in [-0.2, 0) is 0 Å². The van der Waals surface area contributed by atoms with Crippen molar-refractivity contribution in [3.05, 3.63) is 0 Å². The molecule has 0 amide bonds. The van der Waals surface area contributed by atoms with E-state index in [0.29, 0.717) is 0 Å². The summed E-state index contributed by atoms with van der Waals surface area (Å²) in [7, 11) is 0. The summed E-state index contributed by atoms with van der Waals surface area (Å²) in [4.78, 5) is 0. The van der Waals surface area contributed by atoms with Crippen molar-refractivity contribution < 1.29 is 8.78 Å². The zero-order chi connectivity index (χ0) is 4.78. The quantitative estimate of drug-likeness (QED) is 0.506. The molecule has 1 nitrogen and oxygen atoms in total. The maximum Gasteiger partial charge on any atom is 0.251 e. The van der Waals surface area contributed by atoms with E-state index >= 15 is 0 Å². The van der Waals surface area contributed by atoms with Gasteiger partial charge in [-0.3, -0.25) is 0 Å². The van der Waals surface area contributed by atoms with E-state index in [9.17, 15) is 8.78 Å². The molecule has 0 aliphatic heterocycles. The van der Waals surface area contributed by atoms with E-state index < -0.39 is 5.92 Å². The van der Waals surface area contributed by atoms with Crippen molar-refractivity contribution in [1.82, 2.24) is 6.15 Å². The normalized spacial score (nSPS) is 33.9. The van der Waals surface area contributed by atoms with E-state index in [2.05, 4.69) is 0 Å². The predicted octanol–water partition coefficient (Wildman–Crippen LogP) is 1.82. The van der Waals surface area contributed by atoms with Crippen LogP contribution in [0.4, 0.5) is 8.78 Å². The fourth-order valence-electron chi connectivity index (χ4n) is 0.349. The summed E-state index contributed by atoms with van der Waals surface area (Å²) in [6.07, 6.45) is 0.104. The van der Waals surface area contributed by atoms with Gasteiger partial charge >= 0.3 is 0 Å². The molecule has 1 fully saturated rings. The zero-order valence-electron chi connectivity index (χ0n) is 4.25. The molecule has 0 aromatic carbocycles. The van der Waals surface area contributed by atoms with Crippen LogP contribution in [0.1, 0.15) is 13.3 Å². The lowest BCUT2D eigenvalue weighted by Crippen LogP contribution is -1.87. The Morgan fingerprint density at radius 2 is 1.71 bits per heavy atom. The zero-order valence-corrected chi connectivity index (χ0v) is 4.25. The highest BCUT2D eigenvalue weighted by Gasteiger charge is 2.53. The molecule has 1 rings (SSSR count). The maximum absolute atomic E-state index is 11.5. The van der Waals surface area contributed by atoms with Crippen molar-refractivity contribution in [3.8, 4) is 0 Å². The first-order valence-corrected chi connectivity index (χ1v) is 2.01. The van der Waals surface area contributed by atoms with Gasteiger partial charge < -0.3 is 6.15 Å². The van der Waals surface area contributed by atoms with Crippen molar-refractivity contribution in [3.63, 3.8) is 0 Å². The summed E-state index contributed by atoms with van der Waals surface area (Å²) in [6.45, 7) is 1.56. The van der Waals surface area contributed by atoms with E-state index in [4.69, 9.17) is 0 Å². The predicted molar refractivity (Wildman–Crippen MR) is 23.8 cm³/mol. The third-order valence-corrected chi connectivity index (χ3v) is 1.14. The average Bonchev–Trinajstić information content (AvgIpc) is 1.73. The number of hydrogen-bond acceptors (Lipinski definition) is 1. The Hall–Kier alpha value is -0.180. The molecule has 0 bridgehead atoms. The van der Waals surface area contributed by atoms with Crippen LogP contribution in [0.25, 0.3) is 0 Å². The fraction of sp³-hybridized carbons (Fsp3) is 1.00. The summed E-state index contributed by atoms with van der Waals surface area (Å²) in [6, 6.07) is 0. The summed E-state index contributed by atoms with van der Waals surface area (Å²) in [5.74, 6) is -2.63. The second kappa shape index (κ2) is 1.40. The number of rotatable bonds is 0. The lowest BCUT2D eigenvalue weighted by Gasteiger charge is -1.82. The SMILES string of the molecule is CC1CC1(F)F.N. The first-order chi connectivity index (χ1) is 2.63. The van der Waals surface area contributed by atoms with Gasteiger partial charge in [0.2, 0.25) is 0 Å². The Bertz CT molecular complexity index is 72.1. The van der Waals surface area contributed by atoms with E-state index in [1.165, 1.54) is 0 Å². The van der Waals surface area contributed by atoms with Gasteiger partial charge in [0.15, 0.2) is 0 Å². The van der Waals surface area contributed by atoms with Crippen molar-refractivity contribution in [2.24, 2.45) is 5.92 Å². The highest BCUT2D eigenvalue weighted by atomic mass is 19.3. The Labute approximate surface area is 41.3 Å². The third kappa shape index (κ3) is 1.09. The minimum absolute atomic E-state index is 0. The molecule has 1 aliphatic carbocycles. The summed E-state index contributed by atoms with van der Waals surface area (Å²) in [5, 5.41) is 0. The smallest absolute Gasteiger partial charge is 0.251 e. The first kappa shape index (κ1) is 6.82. The van der Waals surface area contributed by atoms with Crippen LogP contribution in [0, 0.1) is 5.92 Å². The van der Waals surface area contributed by atoms with Gasteiger partial charge in [0.25, 0.3) is 5.92 Å². The molecule has 1 atom stereocenters. The van der Waals surface area contributed by atoms with Gasteiger partial charge in [-0.1, -0.05) is 6.92 Å². The molecule has 3 heteroatoms. The Morgan fingerprint density at radius 1 is 1.57 bits per heavy atom. The monoisotopic (exact) mass is 109 g/mol. The molecule has 0 spiro atoms. The fourth-order valence-corrected chi connectivity index (χ4v) is 0.349. The Kier molecular flexibility index (Phi) is 1.37. The van der Waals surface area contributed by atoms with Gasteiger partial charge in [-0.15, -0.1) is 0 Å². The van der Waals surface area contributed by atoms with Crippen molar-refractivity contribution in [2.75, 3.05) is 0 Å².